The van der Waals surface area contributed by atoms with E-state index in [9.17, 15) is 0 Å². The molecule has 0 aromatic heterocycles. The molecule has 1 heterocycles. The fourth-order valence-corrected chi connectivity index (χ4v) is 4.30. The second-order valence-corrected chi connectivity index (χ2v) is 11.1. The van der Waals surface area contributed by atoms with Crippen LogP contribution in [0.15, 0.2) is 48.5 Å². The topological polar surface area (TPSA) is 19.0 Å². The second-order valence-electron chi connectivity index (χ2n) is 6.30. The first-order chi connectivity index (χ1) is 13.5. The average molecular weight is 539 g/mol. The van der Waals surface area contributed by atoms with Gasteiger partial charge in [0, 0.05) is 0 Å². The summed E-state index contributed by atoms with van der Waals surface area (Å²) < 4.78 is 1.64. The van der Waals surface area contributed by atoms with Gasteiger partial charge in [0.2, 0.25) is 0 Å². The molecule has 1 saturated heterocycles. The molecule has 4 nitrogen and oxygen atoms in total. The lowest BCUT2D eigenvalue weighted by atomic mass is 10.1. The zero-order valence-corrected chi connectivity index (χ0v) is 20.3. The average Bonchev–Trinajstić information content (AvgIpc) is 2.66. The highest BCUT2D eigenvalue weighted by Gasteiger charge is 2.49. The minimum Gasteiger partial charge on any atom is -0.497 e. The lowest BCUT2D eigenvalue weighted by Crippen LogP contribution is -2.62. The zero-order chi connectivity index (χ0) is 21.4. The van der Waals surface area contributed by atoms with E-state index in [1.165, 1.54) is 0 Å². The summed E-state index contributed by atoms with van der Waals surface area (Å²) in [5.74, 6) is 0.683. The van der Waals surface area contributed by atoms with Gasteiger partial charge in [-0.3, -0.25) is 0 Å². The van der Waals surface area contributed by atoms with Crippen LogP contribution in [-0.4, -0.2) is 38.1 Å². The maximum absolute atomic E-state index is 6.38. The minimum atomic E-state index is -1.79. The van der Waals surface area contributed by atoms with Crippen LogP contribution in [0, 0.1) is 0 Å². The van der Waals surface area contributed by atoms with Gasteiger partial charge in [-0.05, 0) is 29.8 Å². The first-order valence-corrected chi connectivity index (χ1v) is 11.0. The summed E-state index contributed by atoms with van der Waals surface area (Å²) in [5.41, 5.74) is 1.49. The van der Waals surface area contributed by atoms with Gasteiger partial charge in [-0.15, -0.1) is 0 Å². The van der Waals surface area contributed by atoms with Gasteiger partial charge in [-0.1, -0.05) is 105 Å². The van der Waals surface area contributed by atoms with E-state index in [0.717, 1.165) is 11.3 Å². The molecule has 29 heavy (non-hydrogen) atoms. The molecule has 0 atom stereocenters. The van der Waals surface area contributed by atoms with Gasteiger partial charge in [-0.25, -0.2) is 9.80 Å². The van der Waals surface area contributed by atoms with E-state index in [4.69, 9.17) is 85.9 Å². The van der Waals surface area contributed by atoms with Crippen molar-refractivity contribution in [3.8, 4) is 5.75 Å². The van der Waals surface area contributed by atoms with Crippen LogP contribution >= 0.6 is 81.2 Å². The third kappa shape index (κ3) is 5.43. The quantitative estimate of drug-likeness (QED) is 0.308. The lowest BCUT2D eigenvalue weighted by molar-refractivity contribution is -0.00172. The summed E-state index contributed by atoms with van der Waals surface area (Å²) in [6.45, 7) is 0.461. The summed E-state index contributed by atoms with van der Waals surface area (Å²) >= 11 is 44.4. The predicted molar refractivity (Wildman–Crippen MR) is 124 cm³/mol. The number of ether oxygens (including phenoxy) is 1. The number of nitrogens with zero attached hydrogens (tertiary/aromatic N) is 3. The van der Waals surface area contributed by atoms with Crippen LogP contribution in [0.25, 0.3) is 0 Å². The Kier molecular flexibility index (Phi) is 7.53. The summed E-state index contributed by atoms with van der Waals surface area (Å²) in [5, 5.41) is 0.531. The SMILES string of the molecule is COc1ccc(C2N(C(Cl)(Cl)Cl)CN(c3ccccc3Cl)CN2C(Cl)(Cl)Cl)cc1. The molecular weight excluding hydrogens is 522 g/mol. The lowest BCUT2D eigenvalue weighted by Gasteiger charge is -2.53. The molecule has 1 aliphatic heterocycles. The Balaban J connectivity index is 2.08. The van der Waals surface area contributed by atoms with Gasteiger partial charge in [-0.2, -0.15) is 0 Å². The molecule has 0 unspecified atom stereocenters. The Labute approximate surface area is 204 Å². The van der Waals surface area contributed by atoms with Gasteiger partial charge in [0.05, 0.1) is 37.3 Å². The maximum atomic E-state index is 6.38. The molecule has 1 aliphatic rings. The Morgan fingerprint density at radius 3 is 1.79 bits per heavy atom. The van der Waals surface area contributed by atoms with Gasteiger partial charge in [0.25, 0.3) is 7.83 Å². The monoisotopic (exact) mass is 535 g/mol. The number of rotatable bonds is 3. The standard InChI is InChI=1S/C18H16Cl7N3O/c1-29-13-8-6-12(7-9-13)16-27(17(20,21)22)10-26(11-28(16)18(23,24)25)15-5-3-2-4-14(15)19/h2-9,16H,10-11H2,1H3. The zero-order valence-electron chi connectivity index (χ0n) is 15.0. The van der Waals surface area contributed by atoms with Crippen molar-refractivity contribution in [1.82, 2.24) is 9.80 Å². The van der Waals surface area contributed by atoms with Crippen molar-refractivity contribution >= 4 is 86.9 Å². The van der Waals surface area contributed by atoms with Crippen LogP contribution in [-0.2, 0) is 0 Å². The Morgan fingerprint density at radius 2 is 1.34 bits per heavy atom. The van der Waals surface area contributed by atoms with Crippen molar-refractivity contribution in [2.45, 2.75) is 14.0 Å². The maximum Gasteiger partial charge on any atom is 0.250 e. The Hall–Kier alpha value is -0.0100. The number of anilines is 1. The van der Waals surface area contributed by atoms with Crippen LogP contribution in [0.1, 0.15) is 11.7 Å². The van der Waals surface area contributed by atoms with E-state index in [0.29, 0.717) is 10.8 Å². The first-order valence-electron chi connectivity index (χ1n) is 8.32. The fourth-order valence-electron chi connectivity index (χ4n) is 3.17. The van der Waals surface area contributed by atoms with Crippen LogP contribution in [0.4, 0.5) is 5.69 Å². The summed E-state index contributed by atoms with van der Waals surface area (Å²) in [6.07, 6.45) is -0.639. The van der Waals surface area contributed by atoms with Gasteiger partial charge >= 0.3 is 0 Å². The van der Waals surface area contributed by atoms with E-state index < -0.39 is 14.0 Å². The number of hydrogen-bond acceptors (Lipinski definition) is 4. The molecule has 3 rings (SSSR count). The van der Waals surface area contributed by atoms with Crippen LogP contribution in [0.2, 0.25) is 5.02 Å². The highest BCUT2D eigenvalue weighted by Crippen LogP contribution is 2.48. The van der Waals surface area contributed by atoms with E-state index in [-0.39, 0.29) is 13.3 Å². The first kappa shape index (κ1) is 23.6. The molecule has 158 valence electrons. The van der Waals surface area contributed by atoms with E-state index in [2.05, 4.69) is 0 Å². The Bertz CT molecular complexity index is 815. The van der Waals surface area contributed by atoms with Crippen molar-refractivity contribution < 1.29 is 4.74 Å². The number of methoxy groups -OCH3 is 1. The molecule has 0 amide bonds. The molecule has 1 fully saturated rings. The van der Waals surface area contributed by atoms with E-state index in [1.807, 2.05) is 35.2 Å². The predicted octanol–water partition coefficient (Wildman–Crippen LogP) is 7.04. The largest absolute Gasteiger partial charge is 0.497 e. The van der Waals surface area contributed by atoms with Crippen molar-refractivity contribution in [1.29, 1.82) is 0 Å². The van der Waals surface area contributed by atoms with Crippen molar-refractivity contribution in [3.05, 3.63) is 59.1 Å². The summed E-state index contributed by atoms with van der Waals surface area (Å²) in [7, 11) is 1.58. The normalized spacial score (nSPS) is 17.6. The van der Waals surface area contributed by atoms with Crippen molar-refractivity contribution in [2.24, 2.45) is 0 Å². The third-order valence-corrected chi connectivity index (χ3v) is 6.12. The number of benzene rings is 2. The van der Waals surface area contributed by atoms with Crippen molar-refractivity contribution in [2.75, 3.05) is 25.3 Å². The highest BCUT2D eigenvalue weighted by molar-refractivity contribution is 6.67. The third-order valence-electron chi connectivity index (χ3n) is 4.50. The van der Waals surface area contributed by atoms with Gasteiger partial charge in [0.15, 0.2) is 0 Å². The van der Waals surface area contributed by atoms with Gasteiger partial charge < -0.3 is 9.64 Å². The highest BCUT2D eigenvalue weighted by atomic mass is 35.6. The summed E-state index contributed by atoms with van der Waals surface area (Å²) in [6, 6.07) is 14.6. The molecule has 0 bridgehead atoms. The molecule has 11 heteroatoms. The number of halogens is 7. The molecule has 0 spiro atoms. The van der Waals surface area contributed by atoms with Crippen molar-refractivity contribution in [3.63, 3.8) is 0 Å². The van der Waals surface area contributed by atoms with Gasteiger partial charge in [0.1, 0.15) is 5.75 Å². The van der Waals surface area contributed by atoms with E-state index >= 15 is 0 Å². The Morgan fingerprint density at radius 1 is 0.828 bits per heavy atom. The molecular formula is C18H16Cl7N3O. The molecule has 0 N–H and O–H groups in total. The molecule has 0 radical (unpaired) electrons. The number of alkyl halides is 6. The number of para-hydroxylation sites is 1. The smallest absolute Gasteiger partial charge is 0.250 e. The summed E-state index contributed by atoms with van der Waals surface area (Å²) in [4.78, 5) is 5.05. The minimum absolute atomic E-state index is 0.230. The van der Waals surface area contributed by atoms with Crippen LogP contribution < -0.4 is 9.64 Å². The fraction of sp³-hybridized carbons (Fsp3) is 0.333. The second kappa shape index (κ2) is 9.23. The molecule has 0 aliphatic carbocycles. The van der Waals surface area contributed by atoms with Crippen LogP contribution in [0.5, 0.6) is 5.75 Å². The van der Waals surface area contributed by atoms with E-state index in [1.54, 1.807) is 35.1 Å². The molecule has 2 aromatic carbocycles. The molecule has 0 saturated carbocycles. The molecule has 2 aromatic rings. The number of hydrogen-bond donors (Lipinski definition) is 0. The van der Waals surface area contributed by atoms with Crippen LogP contribution in [0.3, 0.4) is 0 Å².